The van der Waals surface area contributed by atoms with Crippen LogP contribution in [0.5, 0.6) is 5.75 Å². The molecule has 220 valence electrons. The number of carbonyl (C=O) groups excluding carboxylic acids is 2. The summed E-state index contributed by atoms with van der Waals surface area (Å²) in [7, 11) is 0. The summed E-state index contributed by atoms with van der Waals surface area (Å²) in [5, 5.41) is 10.6. The molecule has 1 atom stereocenters. The molecule has 1 amide bonds. The van der Waals surface area contributed by atoms with Gasteiger partial charge in [-0.05, 0) is 75.7 Å². The lowest BCUT2D eigenvalue weighted by Crippen LogP contribution is -2.45. The minimum absolute atomic E-state index is 0.237. The minimum Gasteiger partial charge on any atom is -0.483 e. The van der Waals surface area contributed by atoms with Gasteiger partial charge in [-0.3, -0.25) is 4.79 Å². The Hall–Kier alpha value is -4.44. The number of amides is 1. The highest BCUT2D eigenvalue weighted by Crippen LogP contribution is 2.33. The standard InChI is InChI=1S/C32H37N5O4S/c1-7-40-31(39)29-21(5)34-32(42)35-30(29)26-10-8-9-11-27(26)41-18-28(38)36-33-17-24-16-20(4)37(22(24)6)25-14-12-23(13-15-25)19(2)3/h8-17,19,30H,7,18H2,1-6H3,(H,36,38)(H2,34,35,42)/t30-/m0/s1. The van der Waals surface area contributed by atoms with E-state index in [9.17, 15) is 9.59 Å². The number of aryl methyl sites for hydroxylation is 1. The molecule has 1 aliphatic heterocycles. The van der Waals surface area contributed by atoms with Crippen LogP contribution in [-0.4, -0.2) is 41.0 Å². The summed E-state index contributed by atoms with van der Waals surface area (Å²) >= 11 is 5.33. The molecule has 0 fully saturated rings. The maximum atomic E-state index is 12.8. The highest BCUT2D eigenvalue weighted by atomic mass is 32.1. The number of allylic oxidation sites excluding steroid dienone is 1. The Kier molecular flexibility index (Phi) is 9.80. The fourth-order valence-electron chi connectivity index (χ4n) is 4.93. The van der Waals surface area contributed by atoms with Crippen LogP contribution in [0.1, 0.15) is 67.7 Å². The lowest BCUT2D eigenvalue weighted by Gasteiger charge is -2.30. The highest BCUT2D eigenvalue weighted by molar-refractivity contribution is 7.80. The van der Waals surface area contributed by atoms with Crippen molar-refractivity contribution in [3.05, 3.63) is 93.9 Å². The number of thiocarbonyl (C=S) groups is 1. The molecule has 0 saturated heterocycles. The van der Waals surface area contributed by atoms with Gasteiger partial charge in [-0.15, -0.1) is 0 Å². The van der Waals surface area contributed by atoms with E-state index < -0.39 is 17.9 Å². The van der Waals surface area contributed by atoms with Crippen molar-refractivity contribution < 1.29 is 19.1 Å². The quantitative estimate of drug-likeness (QED) is 0.131. The molecule has 10 heteroatoms. The fraction of sp³-hybridized carbons (Fsp3) is 0.312. The zero-order valence-corrected chi connectivity index (χ0v) is 25.6. The summed E-state index contributed by atoms with van der Waals surface area (Å²) < 4.78 is 13.3. The van der Waals surface area contributed by atoms with Crippen molar-refractivity contribution in [2.75, 3.05) is 13.2 Å². The zero-order chi connectivity index (χ0) is 30.4. The van der Waals surface area contributed by atoms with Crippen LogP contribution >= 0.6 is 12.2 Å². The average molecular weight is 588 g/mol. The lowest BCUT2D eigenvalue weighted by atomic mass is 9.95. The molecule has 0 aliphatic carbocycles. The van der Waals surface area contributed by atoms with Gasteiger partial charge >= 0.3 is 5.97 Å². The lowest BCUT2D eigenvalue weighted by molar-refractivity contribution is -0.139. The van der Waals surface area contributed by atoms with Gasteiger partial charge < -0.3 is 24.7 Å². The minimum atomic E-state index is -0.605. The first kappa shape index (κ1) is 30.5. The van der Waals surface area contributed by atoms with E-state index in [1.165, 1.54) is 5.56 Å². The second kappa shape index (κ2) is 13.5. The zero-order valence-electron chi connectivity index (χ0n) is 24.8. The van der Waals surface area contributed by atoms with Crippen LogP contribution < -0.4 is 20.8 Å². The first-order valence-electron chi connectivity index (χ1n) is 13.9. The molecule has 4 rings (SSSR count). The molecule has 0 bridgehead atoms. The normalized spacial score (nSPS) is 15.0. The van der Waals surface area contributed by atoms with Gasteiger partial charge in [-0.25, -0.2) is 10.2 Å². The molecule has 0 saturated carbocycles. The van der Waals surface area contributed by atoms with E-state index in [-0.39, 0.29) is 13.2 Å². The fourth-order valence-corrected chi connectivity index (χ4v) is 5.20. The van der Waals surface area contributed by atoms with E-state index in [1.54, 1.807) is 32.2 Å². The van der Waals surface area contributed by atoms with E-state index in [4.69, 9.17) is 21.7 Å². The van der Waals surface area contributed by atoms with Crippen LogP contribution in [0.2, 0.25) is 0 Å². The van der Waals surface area contributed by atoms with Crippen molar-refractivity contribution in [1.82, 2.24) is 20.6 Å². The van der Waals surface area contributed by atoms with Crippen LogP contribution in [0.25, 0.3) is 5.69 Å². The van der Waals surface area contributed by atoms with Crippen LogP contribution in [0.15, 0.2) is 71.0 Å². The molecule has 1 aliphatic rings. The number of benzene rings is 2. The SMILES string of the molecule is CCOC(=O)C1=C(C)NC(=S)N[C@H]1c1ccccc1OCC(=O)NN=Cc1cc(C)n(-c2ccc(C(C)C)cc2)c1C. The Bertz CT molecular complexity index is 1540. The van der Waals surface area contributed by atoms with Gasteiger partial charge in [0.1, 0.15) is 5.75 Å². The number of hydrogen-bond acceptors (Lipinski definition) is 6. The molecule has 3 aromatic rings. The number of nitrogens with zero attached hydrogens (tertiary/aromatic N) is 2. The van der Waals surface area contributed by atoms with E-state index in [0.29, 0.717) is 33.6 Å². The number of esters is 1. The van der Waals surface area contributed by atoms with Crippen molar-refractivity contribution in [3.8, 4) is 11.4 Å². The van der Waals surface area contributed by atoms with E-state index in [2.05, 4.69) is 63.8 Å². The van der Waals surface area contributed by atoms with Crippen LogP contribution in [0.4, 0.5) is 0 Å². The van der Waals surface area contributed by atoms with Gasteiger partial charge in [0.05, 0.1) is 24.4 Å². The van der Waals surface area contributed by atoms with Crippen molar-refractivity contribution >= 4 is 35.4 Å². The van der Waals surface area contributed by atoms with Crippen molar-refractivity contribution in [2.45, 2.75) is 53.5 Å². The predicted molar refractivity (Wildman–Crippen MR) is 168 cm³/mol. The molecule has 2 heterocycles. The Morgan fingerprint density at radius 1 is 1.12 bits per heavy atom. The monoisotopic (exact) mass is 587 g/mol. The molecular formula is C32H37N5O4S. The number of carbonyl (C=O) groups is 2. The predicted octanol–water partition coefficient (Wildman–Crippen LogP) is 5.10. The summed E-state index contributed by atoms with van der Waals surface area (Å²) in [6, 6.07) is 17.1. The van der Waals surface area contributed by atoms with Gasteiger partial charge in [0.2, 0.25) is 0 Å². The van der Waals surface area contributed by atoms with E-state index in [1.807, 2.05) is 32.0 Å². The summed E-state index contributed by atoms with van der Waals surface area (Å²) in [6.45, 7) is 11.9. The van der Waals surface area contributed by atoms with E-state index >= 15 is 0 Å². The maximum Gasteiger partial charge on any atom is 0.338 e. The summed E-state index contributed by atoms with van der Waals surface area (Å²) in [4.78, 5) is 25.4. The van der Waals surface area contributed by atoms with Crippen molar-refractivity contribution in [3.63, 3.8) is 0 Å². The third kappa shape index (κ3) is 6.88. The number of hydrazone groups is 1. The largest absolute Gasteiger partial charge is 0.483 e. The first-order valence-corrected chi connectivity index (χ1v) is 14.3. The third-order valence-corrected chi connectivity index (χ3v) is 7.25. The molecule has 2 aromatic carbocycles. The Labute approximate surface area is 252 Å². The Balaban J connectivity index is 1.43. The molecule has 0 radical (unpaired) electrons. The van der Waals surface area contributed by atoms with E-state index in [0.717, 1.165) is 22.6 Å². The first-order chi connectivity index (χ1) is 20.1. The van der Waals surface area contributed by atoms with Crippen LogP contribution in [0.3, 0.4) is 0 Å². The molecule has 42 heavy (non-hydrogen) atoms. The summed E-state index contributed by atoms with van der Waals surface area (Å²) in [6.07, 6.45) is 1.63. The average Bonchev–Trinajstić information content (AvgIpc) is 3.24. The molecule has 9 nitrogen and oxygen atoms in total. The molecule has 3 N–H and O–H groups in total. The number of nitrogens with one attached hydrogen (secondary N) is 3. The maximum absolute atomic E-state index is 12.8. The third-order valence-electron chi connectivity index (χ3n) is 7.03. The topological polar surface area (TPSA) is 106 Å². The van der Waals surface area contributed by atoms with Gasteiger partial charge in [-0.2, -0.15) is 5.10 Å². The number of rotatable bonds is 10. The van der Waals surface area contributed by atoms with Gasteiger partial charge in [0, 0.05) is 33.9 Å². The molecule has 1 aromatic heterocycles. The number of para-hydroxylation sites is 1. The van der Waals surface area contributed by atoms with Crippen molar-refractivity contribution in [2.24, 2.45) is 5.10 Å². The smallest absolute Gasteiger partial charge is 0.338 e. The van der Waals surface area contributed by atoms with Crippen molar-refractivity contribution in [1.29, 1.82) is 0 Å². The highest BCUT2D eigenvalue weighted by Gasteiger charge is 2.32. The molecule has 0 unspecified atom stereocenters. The molecular weight excluding hydrogens is 550 g/mol. The second-order valence-electron chi connectivity index (χ2n) is 10.3. The van der Waals surface area contributed by atoms with Gasteiger partial charge in [0.15, 0.2) is 11.7 Å². The Morgan fingerprint density at radius 3 is 2.52 bits per heavy atom. The van der Waals surface area contributed by atoms with Gasteiger partial charge in [-0.1, -0.05) is 44.2 Å². The summed E-state index contributed by atoms with van der Waals surface area (Å²) in [5.41, 5.74) is 9.51. The molecule has 0 spiro atoms. The summed E-state index contributed by atoms with van der Waals surface area (Å²) in [5.74, 6) is 0.0132. The van der Waals surface area contributed by atoms with Crippen LogP contribution in [0, 0.1) is 13.8 Å². The van der Waals surface area contributed by atoms with Gasteiger partial charge in [0.25, 0.3) is 5.91 Å². The van der Waals surface area contributed by atoms with Crippen LogP contribution in [-0.2, 0) is 14.3 Å². The number of hydrogen-bond donors (Lipinski definition) is 3. The number of aromatic nitrogens is 1. The number of ether oxygens (including phenoxy) is 2. The Morgan fingerprint density at radius 2 is 1.83 bits per heavy atom. The second-order valence-corrected chi connectivity index (χ2v) is 10.7.